The van der Waals surface area contributed by atoms with Crippen molar-refractivity contribution in [2.24, 2.45) is 5.10 Å². The van der Waals surface area contributed by atoms with Gasteiger partial charge in [0.1, 0.15) is 5.75 Å². The predicted molar refractivity (Wildman–Crippen MR) is 84.0 cm³/mol. The van der Waals surface area contributed by atoms with Crippen molar-refractivity contribution in [3.8, 4) is 5.75 Å². The molecule has 4 nitrogen and oxygen atoms in total. The van der Waals surface area contributed by atoms with Crippen LogP contribution < -0.4 is 10.2 Å². The number of rotatable bonds is 4. The molecular weight excluding hydrogens is 264 g/mol. The number of carbonyl (C=O) groups excluding carboxylic acids is 1. The van der Waals surface area contributed by atoms with E-state index in [-0.39, 0.29) is 5.91 Å². The Balaban J connectivity index is 2.08. The number of methoxy groups -OCH3 is 1. The molecule has 4 heteroatoms. The average molecular weight is 282 g/mol. The highest BCUT2D eigenvalue weighted by atomic mass is 16.5. The number of hydrazone groups is 1. The standard InChI is InChI=1S/C17H18N2O2/c1-12-5-4-6-14(9-12)11-18-19-17(20)15-8-7-13(2)10-16(15)21-3/h4-11H,1-3H3,(H,19,20)/b18-11-. The summed E-state index contributed by atoms with van der Waals surface area (Å²) in [6.45, 7) is 3.95. The smallest absolute Gasteiger partial charge is 0.275 e. The maximum Gasteiger partial charge on any atom is 0.275 e. The van der Waals surface area contributed by atoms with Crippen molar-refractivity contribution in [2.75, 3.05) is 7.11 Å². The molecule has 1 amide bonds. The van der Waals surface area contributed by atoms with E-state index in [1.54, 1.807) is 19.4 Å². The Morgan fingerprint density at radius 2 is 1.90 bits per heavy atom. The van der Waals surface area contributed by atoms with E-state index in [1.165, 1.54) is 0 Å². The third-order valence-corrected chi connectivity index (χ3v) is 3.02. The summed E-state index contributed by atoms with van der Waals surface area (Å²) in [5.41, 5.74) is 6.09. The van der Waals surface area contributed by atoms with Gasteiger partial charge in [-0.15, -0.1) is 0 Å². The van der Waals surface area contributed by atoms with Crippen molar-refractivity contribution in [1.82, 2.24) is 5.43 Å². The first-order valence-electron chi connectivity index (χ1n) is 6.65. The van der Waals surface area contributed by atoms with Gasteiger partial charge in [-0.2, -0.15) is 5.10 Å². The SMILES string of the molecule is COc1cc(C)ccc1C(=O)N/N=C\c1cccc(C)c1. The molecule has 0 saturated heterocycles. The number of aryl methyl sites for hydroxylation is 2. The zero-order chi connectivity index (χ0) is 15.2. The summed E-state index contributed by atoms with van der Waals surface area (Å²) in [6.07, 6.45) is 1.62. The molecule has 0 fully saturated rings. The van der Waals surface area contributed by atoms with Crippen molar-refractivity contribution in [1.29, 1.82) is 0 Å². The second-order valence-corrected chi connectivity index (χ2v) is 4.82. The van der Waals surface area contributed by atoms with Crippen LogP contribution in [0.4, 0.5) is 0 Å². The van der Waals surface area contributed by atoms with Crippen LogP contribution in [0.1, 0.15) is 27.0 Å². The summed E-state index contributed by atoms with van der Waals surface area (Å²) in [4.78, 5) is 12.1. The molecule has 0 radical (unpaired) electrons. The van der Waals surface area contributed by atoms with Gasteiger partial charge in [0.2, 0.25) is 0 Å². The molecule has 0 aliphatic heterocycles. The van der Waals surface area contributed by atoms with Crippen molar-refractivity contribution in [3.63, 3.8) is 0 Å². The van der Waals surface area contributed by atoms with Crippen LogP contribution in [0.2, 0.25) is 0 Å². The lowest BCUT2D eigenvalue weighted by Gasteiger charge is -2.07. The molecule has 2 aromatic carbocycles. The molecule has 0 aliphatic carbocycles. The van der Waals surface area contributed by atoms with Gasteiger partial charge in [-0.3, -0.25) is 4.79 Å². The Bertz CT molecular complexity index is 678. The third kappa shape index (κ3) is 3.92. The molecule has 2 aromatic rings. The van der Waals surface area contributed by atoms with Gasteiger partial charge in [0.25, 0.3) is 5.91 Å². The summed E-state index contributed by atoms with van der Waals surface area (Å²) in [7, 11) is 1.54. The second-order valence-electron chi connectivity index (χ2n) is 4.82. The van der Waals surface area contributed by atoms with E-state index in [0.29, 0.717) is 11.3 Å². The number of nitrogens with zero attached hydrogens (tertiary/aromatic N) is 1. The van der Waals surface area contributed by atoms with Gasteiger partial charge in [-0.1, -0.05) is 35.9 Å². The van der Waals surface area contributed by atoms with E-state index in [0.717, 1.165) is 16.7 Å². The van der Waals surface area contributed by atoms with Crippen molar-refractivity contribution in [3.05, 3.63) is 64.7 Å². The van der Waals surface area contributed by atoms with Gasteiger partial charge in [0.05, 0.1) is 18.9 Å². The lowest BCUT2D eigenvalue weighted by Crippen LogP contribution is -2.18. The quantitative estimate of drug-likeness (QED) is 0.692. The molecule has 108 valence electrons. The third-order valence-electron chi connectivity index (χ3n) is 3.02. The molecule has 0 unspecified atom stereocenters. The maximum absolute atomic E-state index is 12.1. The van der Waals surface area contributed by atoms with E-state index < -0.39 is 0 Å². The van der Waals surface area contributed by atoms with Crippen molar-refractivity contribution >= 4 is 12.1 Å². The number of carbonyl (C=O) groups is 1. The summed E-state index contributed by atoms with van der Waals surface area (Å²) in [5, 5.41) is 3.98. The van der Waals surface area contributed by atoms with Crippen LogP contribution in [-0.4, -0.2) is 19.2 Å². The molecule has 0 saturated carbocycles. The first kappa shape index (κ1) is 14.8. The van der Waals surface area contributed by atoms with Gasteiger partial charge in [-0.25, -0.2) is 5.43 Å². The fraction of sp³-hybridized carbons (Fsp3) is 0.176. The van der Waals surface area contributed by atoms with Crippen molar-refractivity contribution in [2.45, 2.75) is 13.8 Å². The van der Waals surface area contributed by atoms with E-state index in [1.807, 2.05) is 50.2 Å². The molecule has 2 rings (SSSR count). The van der Waals surface area contributed by atoms with Gasteiger partial charge >= 0.3 is 0 Å². The summed E-state index contributed by atoms with van der Waals surface area (Å²) in [5.74, 6) is 0.244. The maximum atomic E-state index is 12.1. The number of hydrogen-bond donors (Lipinski definition) is 1. The van der Waals surface area contributed by atoms with Crippen molar-refractivity contribution < 1.29 is 9.53 Å². The second kappa shape index (κ2) is 6.70. The van der Waals surface area contributed by atoms with Gasteiger partial charge < -0.3 is 4.74 Å². The molecule has 0 bridgehead atoms. The lowest BCUT2D eigenvalue weighted by molar-refractivity contribution is 0.0952. The molecule has 0 aliphatic rings. The minimum Gasteiger partial charge on any atom is -0.496 e. The highest BCUT2D eigenvalue weighted by Crippen LogP contribution is 2.19. The molecule has 0 heterocycles. The molecular formula is C17H18N2O2. The minimum atomic E-state index is -0.296. The predicted octanol–water partition coefficient (Wildman–Crippen LogP) is 3.08. The zero-order valence-corrected chi connectivity index (χ0v) is 12.4. The minimum absolute atomic E-state index is 0.296. The van der Waals surface area contributed by atoms with E-state index in [9.17, 15) is 4.79 Å². The van der Waals surface area contributed by atoms with E-state index >= 15 is 0 Å². The fourth-order valence-corrected chi connectivity index (χ4v) is 1.96. The van der Waals surface area contributed by atoms with Gasteiger partial charge in [-0.05, 0) is 37.1 Å². The Morgan fingerprint density at radius 1 is 1.14 bits per heavy atom. The van der Waals surface area contributed by atoms with Gasteiger partial charge in [0, 0.05) is 0 Å². The first-order valence-corrected chi connectivity index (χ1v) is 6.65. The Kier molecular flexibility index (Phi) is 4.72. The summed E-state index contributed by atoms with van der Waals surface area (Å²) < 4.78 is 5.21. The Labute approximate surface area is 124 Å². The summed E-state index contributed by atoms with van der Waals surface area (Å²) >= 11 is 0. The van der Waals surface area contributed by atoms with Crippen LogP contribution >= 0.6 is 0 Å². The molecule has 0 atom stereocenters. The fourth-order valence-electron chi connectivity index (χ4n) is 1.96. The molecule has 0 spiro atoms. The summed E-state index contributed by atoms with van der Waals surface area (Å²) in [6, 6.07) is 13.3. The van der Waals surface area contributed by atoms with Crippen LogP contribution in [0.25, 0.3) is 0 Å². The number of ether oxygens (including phenoxy) is 1. The highest BCUT2D eigenvalue weighted by Gasteiger charge is 2.11. The normalized spacial score (nSPS) is 10.6. The number of hydrogen-bond acceptors (Lipinski definition) is 3. The zero-order valence-electron chi connectivity index (χ0n) is 12.4. The van der Waals surface area contributed by atoms with Crippen LogP contribution in [0.3, 0.4) is 0 Å². The highest BCUT2D eigenvalue weighted by molar-refractivity contribution is 5.97. The van der Waals surface area contributed by atoms with E-state index in [2.05, 4.69) is 10.5 Å². The topological polar surface area (TPSA) is 50.7 Å². The van der Waals surface area contributed by atoms with Crippen LogP contribution in [0.15, 0.2) is 47.6 Å². The van der Waals surface area contributed by atoms with Crippen LogP contribution in [-0.2, 0) is 0 Å². The lowest BCUT2D eigenvalue weighted by atomic mass is 10.1. The molecule has 0 aromatic heterocycles. The van der Waals surface area contributed by atoms with Gasteiger partial charge in [0.15, 0.2) is 0 Å². The largest absolute Gasteiger partial charge is 0.496 e. The number of nitrogens with one attached hydrogen (secondary N) is 1. The number of benzene rings is 2. The number of amides is 1. The monoisotopic (exact) mass is 282 g/mol. The van der Waals surface area contributed by atoms with E-state index in [4.69, 9.17) is 4.74 Å². The Morgan fingerprint density at radius 3 is 2.62 bits per heavy atom. The molecule has 21 heavy (non-hydrogen) atoms. The van der Waals surface area contributed by atoms with Crippen LogP contribution in [0, 0.1) is 13.8 Å². The first-order chi connectivity index (χ1) is 10.1. The Hall–Kier alpha value is -2.62. The average Bonchev–Trinajstić information content (AvgIpc) is 2.47. The van der Waals surface area contributed by atoms with Crippen LogP contribution in [0.5, 0.6) is 5.75 Å². The molecule has 1 N–H and O–H groups in total.